The zero-order chi connectivity index (χ0) is 11.0. The molecule has 0 aliphatic heterocycles. The van der Waals surface area contributed by atoms with Gasteiger partial charge in [-0.15, -0.1) is 0 Å². The minimum atomic E-state index is 0.782. The second-order valence-corrected chi connectivity index (χ2v) is 5.51. The summed E-state index contributed by atoms with van der Waals surface area (Å²) in [7, 11) is 0. The lowest BCUT2D eigenvalue weighted by Gasteiger charge is -2.14. The first-order chi connectivity index (χ1) is 7.83. The van der Waals surface area contributed by atoms with E-state index in [1.165, 1.54) is 31.4 Å². The topological polar surface area (TPSA) is 29.9 Å². The maximum atomic E-state index is 4.28. The van der Waals surface area contributed by atoms with E-state index in [2.05, 4.69) is 21.8 Å². The van der Waals surface area contributed by atoms with E-state index >= 15 is 0 Å². The lowest BCUT2D eigenvalue weighted by molar-refractivity contribution is 0.420. The van der Waals surface area contributed by atoms with E-state index in [0.29, 0.717) is 0 Å². The molecule has 2 fully saturated rings. The van der Waals surface area contributed by atoms with E-state index in [0.717, 1.165) is 31.0 Å². The van der Waals surface area contributed by atoms with Crippen LogP contribution in [0.5, 0.6) is 0 Å². The van der Waals surface area contributed by atoms with Gasteiger partial charge in [-0.1, -0.05) is 6.92 Å². The Morgan fingerprint density at radius 1 is 1.44 bits per heavy atom. The average molecular weight is 219 g/mol. The summed E-state index contributed by atoms with van der Waals surface area (Å²) in [5.74, 6) is 1.79. The Balaban J connectivity index is 1.57. The van der Waals surface area contributed by atoms with Crippen LogP contribution in [-0.2, 0) is 13.1 Å². The van der Waals surface area contributed by atoms with Gasteiger partial charge < -0.3 is 9.88 Å². The highest BCUT2D eigenvalue weighted by molar-refractivity contribution is 5.00. The monoisotopic (exact) mass is 219 g/mol. The Labute approximate surface area is 97.3 Å². The predicted octanol–water partition coefficient (Wildman–Crippen LogP) is 2.18. The van der Waals surface area contributed by atoms with Crippen LogP contribution in [0.4, 0.5) is 0 Å². The van der Waals surface area contributed by atoms with Crippen molar-refractivity contribution in [2.45, 2.75) is 51.7 Å². The van der Waals surface area contributed by atoms with E-state index in [-0.39, 0.29) is 0 Å². The molecule has 2 saturated carbocycles. The average Bonchev–Trinajstić information content (AvgIpc) is 3.16. The molecule has 1 aromatic rings. The van der Waals surface area contributed by atoms with Crippen molar-refractivity contribution in [2.75, 3.05) is 0 Å². The molecular weight excluding hydrogens is 198 g/mol. The molecule has 0 radical (unpaired) electrons. The molecule has 3 nitrogen and oxygen atoms in total. The molecule has 0 aromatic carbocycles. The minimum Gasteiger partial charge on any atom is -0.333 e. The lowest BCUT2D eigenvalue weighted by atomic mass is 10.1. The Bertz CT molecular complexity index is 350. The molecule has 16 heavy (non-hydrogen) atoms. The van der Waals surface area contributed by atoms with Crippen molar-refractivity contribution < 1.29 is 0 Å². The normalized spacial score (nSPS) is 22.3. The molecule has 0 amide bonds. The number of hydrogen-bond acceptors (Lipinski definition) is 2. The van der Waals surface area contributed by atoms with Gasteiger partial charge in [0.1, 0.15) is 0 Å². The lowest BCUT2D eigenvalue weighted by Crippen LogP contribution is -2.19. The molecule has 1 atom stereocenters. The Morgan fingerprint density at radius 3 is 2.94 bits per heavy atom. The fraction of sp³-hybridized carbons (Fsp3) is 0.769. The minimum absolute atomic E-state index is 0.782. The van der Waals surface area contributed by atoms with Crippen LogP contribution < -0.4 is 5.32 Å². The van der Waals surface area contributed by atoms with Crippen molar-refractivity contribution in [1.29, 1.82) is 0 Å². The van der Waals surface area contributed by atoms with Gasteiger partial charge in [-0.2, -0.15) is 0 Å². The standard InChI is InChI=1S/C13H21N3/c1-10(11-2-3-11)8-16-9-14-6-13(16)7-15-12-4-5-12/h6,9-12,15H,2-5,7-8H2,1H3. The molecular formula is C13H21N3. The Kier molecular flexibility index (Phi) is 2.72. The summed E-state index contributed by atoms with van der Waals surface area (Å²) in [6.07, 6.45) is 9.58. The zero-order valence-corrected chi connectivity index (χ0v) is 10.0. The SMILES string of the molecule is CC(Cn1cncc1CNC1CC1)C1CC1. The fourth-order valence-electron chi connectivity index (χ4n) is 2.32. The maximum Gasteiger partial charge on any atom is 0.0948 e. The first-order valence-electron chi connectivity index (χ1n) is 6.55. The van der Waals surface area contributed by atoms with Crippen LogP contribution in [0, 0.1) is 11.8 Å². The third-order valence-electron chi connectivity index (χ3n) is 3.86. The number of hydrogen-bond donors (Lipinski definition) is 1. The maximum absolute atomic E-state index is 4.28. The second kappa shape index (κ2) is 4.21. The van der Waals surface area contributed by atoms with Gasteiger partial charge in [0.05, 0.1) is 12.0 Å². The van der Waals surface area contributed by atoms with E-state index in [1.807, 2.05) is 12.5 Å². The number of nitrogens with one attached hydrogen (secondary N) is 1. The van der Waals surface area contributed by atoms with Crippen molar-refractivity contribution in [3.05, 3.63) is 18.2 Å². The predicted molar refractivity (Wildman–Crippen MR) is 64.0 cm³/mol. The summed E-state index contributed by atoms with van der Waals surface area (Å²) in [5.41, 5.74) is 1.35. The van der Waals surface area contributed by atoms with Gasteiger partial charge in [-0.3, -0.25) is 0 Å². The van der Waals surface area contributed by atoms with Gasteiger partial charge in [0.15, 0.2) is 0 Å². The summed E-state index contributed by atoms with van der Waals surface area (Å²) in [6, 6.07) is 0.782. The Hall–Kier alpha value is -0.830. The van der Waals surface area contributed by atoms with Crippen LogP contribution in [0.1, 0.15) is 38.3 Å². The molecule has 1 heterocycles. The van der Waals surface area contributed by atoms with Gasteiger partial charge in [0.2, 0.25) is 0 Å². The Morgan fingerprint density at radius 2 is 2.25 bits per heavy atom. The molecule has 0 spiro atoms. The molecule has 0 saturated heterocycles. The zero-order valence-electron chi connectivity index (χ0n) is 10.0. The molecule has 2 aliphatic carbocycles. The van der Waals surface area contributed by atoms with E-state index in [4.69, 9.17) is 0 Å². The van der Waals surface area contributed by atoms with Crippen LogP contribution >= 0.6 is 0 Å². The second-order valence-electron chi connectivity index (χ2n) is 5.51. The molecule has 88 valence electrons. The van der Waals surface area contributed by atoms with Crippen LogP contribution in [0.3, 0.4) is 0 Å². The summed E-state index contributed by atoms with van der Waals surface area (Å²) >= 11 is 0. The summed E-state index contributed by atoms with van der Waals surface area (Å²) in [4.78, 5) is 4.28. The van der Waals surface area contributed by atoms with Crippen molar-refractivity contribution in [3.8, 4) is 0 Å². The molecule has 3 heteroatoms. The van der Waals surface area contributed by atoms with E-state index in [9.17, 15) is 0 Å². The van der Waals surface area contributed by atoms with Crippen molar-refractivity contribution in [2.24, 2.45) is 11.8 Å². The highest BCUT2D eigenvalue weighted by Crippen LogP contribution is 2.37. The van der Waals surface area contributed by atoms with Gasteiger partial charge in [0, 0.05) is 25.3 Å². The van der Waals surface area contributed by atoms with Gasteiger partial charge in [-0.05, 0) is 37.5 Å². The highest BCUT2D eigenvalue weighted by Gasteiger charge is 2.28. The van der Waals surface area contributed by atoms with Gasteiger partial charge in [-0.25, -0.2) is 4.98 Å². The first kappa shape index (κ1) is 10.3. The van der Waals surface area contributed by atoms with Gasteiger partial charge in [0.25, 0.3) is 0 Å². The van der Waals surface area contributed by atoms with Crippen LogP contribution in [0.2, 0.25) is 0 Å². The summed E-state index contributed by atoms with van der Waals surface area (Å²) in [5, 5.41) is 3.56. The molecule has 1 aromatic heterocycles. The summed E-state index contributed by atoms with van der Waals surface area (Å²) in [6.45, 7) is 4.50. The van der Waals surface area contributed by atoms with Crippen molar-refractivity contribution in [1.82, 2.24) is 14.9 Å². The summed E-state index contributed by atoms with van der Waals surface area (Å²) < 4.78 is 2.33. The first-order valence-corrected chi connectivity index (χ1v) is 6.55. The number of nitrogens with zero attached hydrogens (tertiary/aromatic N) is 2. The third-order valence-corrected chi connectivity index (χ3v) is 3.86. The fourth-order valence-corrected chi connectivity index (χ4v) is 2.32. The van der Waals surface area contributed by atoms with Crippen molar-refractivity contribution >= 4 is 0 Å². The van der Waals surface area contributed by atoms with Crippen LogP contribution in [0.15, 0.2) is 12.5 Å². The molecule has 1 N–H and O–H groups in total. The van der Waals surface area contributed by atoms with Gasteiger partial charge >= 0.3 is 0 Å². The molecule has 0 bridgehead atoms. The van der Waals surface area contributed by atoms with Crippen LogP contribution in [0.25, 0.3) is 0 Å². The number of aromatic nitrogens is 2. The highest BCUT2D eigenvalue weighted by atomic mass is 15.1. The van der Waals surface area contributed by atoms with Crippen LogP contribution in [-0.4, -0.2) is 15.6 Å². The van der Waals surface area contributed by atoms with E-state index in [1.54, 1.807) is 0 Å². The smallest absolute Gasteiger partial charge is 0.0948 e. The largest absolute Gasteiger partial charge is 0.333 e. The van der Waals surface area contributed by atoms with Crippen molar-refractivity contribution in [3.63, 3.8) is 0 Å². The molecule has 2 aliphatic rings. The number of imidazole rings is 1. The quantitative estimate of drug-likeness (QED) is 0.794. The molecule has 3 rings (SSSR count). The van der Waals surface area contributed by atoms with E-state index < -0.39 is 0 Å². The molecule has 1 unspecified atom stereocenters. The number of rotatable bonds is 6. The third kappa shape index (κ3) is 2.46.